The summed E-state index contributed by atoms with van der Waals surface area (Å²) in [6.07, 6.45) is 4.37. The number of methoxy groups -OCH3 is 1. The van der Waals surface area contributed by atoms with Crippen molar-refractivity contribution < 1.29 is 19.1 Å². The van der Waals surface area contributed by atoms with Crippen molar-refractivity contribution in [3.63, 3.8) is 0 Å². The molecule has 0 spiro atoms. The number of benzene rings is 1. The van der Waals surface area contributed by atoms with Gasteiger partial charge in [0.05, 0.1) is 24.8 Å². The van der Waals surface area contributed by atoms with Gasteiger partial charge >= 0.3 is 0 Å². The molecule has 2 heterocycles. The molecule has 1 aromatic heterocycles. The molecule has 3 rings (SSSR count). The summed E-state index contributed by atoms with van der Waals surface area (Å²) in [5.74, 6) is 0.311. The Kier molecular flexibility index (Phi) is 5.97. The fourth-order valence-corrected chi connectivity index (χ4v) is 2.84. The summed E-state index contributed by atoms with van der Waals surface area (Å²) in [6, 6.07) is 5.11. The molecule has 2 amide bonds. The van der Waals surface area contributed by atoms with Crippen molar-refractivity contribution in [3.05, 3.63) is 53.6 Å². The standard InChI is InChI=1S/C19H22N4O4/c1-13-11-27-17-4-3-14(18(24)22-5-6-26-2)7-15(17)10-23(13)19(25)16-8-20-12-21-9-16/h3-4,7-9,12-13H,5-6,10-11H2,1-2H3,(H,22,24)/t13-/m0/s1. The Bertz CT molecular complexity index is 813. The molecule has 142 valence electrons. The lowest BCUT2D eigenvalue weighted by atomic mass is 10.1. The Labute approximate surface area is 157 Å². The fraction of sp³-hybridized carbons (Fsp3) is 0.368. The molecule has 0 bridgehead atoms. The zero-order chi connectivity index (χ0) is 19.2. The minimum atomic E-state index is -0.193. The quantitative estimate of drug-likeness (QED) is 0.797. The smallest absolute Gasteiger partial charge is 0.257 e. The molecule has 0 unspecified atom stereocenters. The maximum absolute atomic E-state index is 12.9. The van der Waals surface area contributed by atoms with Crippen molar-refractivity contribution >= 4 is 11.8 Å². The largest absolute Gasteiger partial charge is 0.491 e. The minimum absolute atomic E-state index is 0.135. The van der Waals surface area contributed by atoms with Gasteiger partial charge in [0.15, 0.2) is 0 Å². The van der Waals surface area contributed by atoms with Gasteiger partial charge in [0.25, 0.3) is 11.8 Å². The Hall–Kier alpha value is -3.00. The fourth-order valence-electron chi connectivity index (χ4n) is 2.84. The highest BCUT2D eigenvalue weighted by atomic mass is 16.5. The average Bonchev–Trinajstić information content (AvgIpc) is 2.86. The topological polar surface area (TPSA) is 93.7 Å². The Balaban J connectivity index is 1.82. The number of fused-ring (bicyclic) bond motifs is 1. The third kappa shape index (κ3) is 4.40. The molecule has 27 heavy (non-hydrogen) atoms. The van der Waals surface area contributed by atoms with Gasteiger partial charge in [-0.1, -0.05) is 0 Å². The molecular formula is C19H22N4O4. The van der Waals surface area contributed by atoms with Crippen LogP contribution in [-0.4, -0.2) is 59.6 Å². The maximum Gasteiger partial charge on any atom is 0.257 e. The number of hydrogen-bond acceptors (Lipinski definition) is 6. The molecule has 0 saturated carbocycles. The van der Waals surface area contributed by atoms with Crippen molar-refractivity contribution in [1.82, 2.24) is 20.2 Å². The van der Waals surface area contributed by atoms with Gasteiger partial charge in [0.2, 0.25) is 0 Å². The predicted molar refractivity (Wildman–Crippen MR) is 97.5 cm³/mol. The van der Waals surface area contributed by atoms with E-state index in [0.717, 1.165) is 5.56 Å². The first kappa shape index (κ1) is 18.8. The minimum Gasteiger partial charge on any atom is -0.491 e. The van der Waals surface area contributed by atoms with Gasteiger partial charge in [-0.15, -0.1) is 0 Å². The molecule has 1 atom stereocenters. The van der Waals surface area contributed by atoms with E-state index in [1.165, 1.54) is 18.7 Å². The summed E-state index contributed by atoms with van der Waals surface area (Å²) in [5.41, 5.74) is 1.71. The molecule has 8 nitrogen and oxygen atoms in total. The molecule has 8 heteroatoms. The highest BCUT2D eigenvalue weighted by Gasteiger charge is 2.27. The van der Waals surface area contributed by atoms with Crippen LogP contribution in [0.4, 0.5) is 0 Å². The predicted octanol–water partition coefficient (Wildman–Crippen LogP) is 1.28. The number of hydrogen-bond donors (Lipinski definition) is 1. The van der Waals surface area contributed by atoms with Crippen LogP contribution in [0.25, 0.3) is 0 Å². The molecule has 1 aromatic carbocycles. The first-order chi connectivity index (χ1) is 13.1. The monoisotopic (exact) mass is 370 g/mol. The van der Waals surface area contributed by atoms with E-state index in [0.29, 0.717) is 43.2 Å². The molecule has 0 radical (unpaired) electrons. The van der Waals surface area contributed by atoms with E-state index in [-0.39, 0.29) is 17.9 Å². The van der Waals surface area contributed by atoms with Crippen LogP contribution in [0.2, 0.25) is 0 Å². The van der Waals surface area contributed by atoms with Crippen LogP contribution in [0.1, 0.15) is 33.2 Å². The van der Waals surface area contributed by atoms with E-state index >= 15 is 0 Å². The number of aromatic nitrogens is 2. The summed E-state index contributed by atoms with van der Waals surface area (Å²) < 4.78 is 10.8. The highest BCUT2D eigenvalue weighted by molar-refractivity contribution is 5.95. The van der Waals surface area contributed by atoms with Crippen LogP contribution in [0.5, 0.6) is 5.75 Å². The SMILES string of the molecule is COCCNC(=O)c1ccc2c(c1)CN(C(=O)c1cncnc1)[C@@H](C)CO2. The van der Waals surface area contributed by atoms with E-state index in [2.05, 4.69) is 15.3 Å². The third-order valence-corrected chi connectivity index (χ3v) is 4.34. The molecule has 1 aliphatic rings. The second-order valence-corrected chi connectivity index (χ2v) is 6.29. The molecule has 1 aliphatic heterocycles. The van der Waals surface area contributed by atoms with E-state index in [9.17, 15) is 9.59 Å². The summed E-state index contributed by atoms with van der Waals surface area (Å²) in [7, 11) is 1.58. The van der Waals surface area contributed by atoms with Crippen LogP contribution in [0.3, 0.4) is 0 Å². The maximum atomic E-state index is 12.9. The normalized spacial score (nSPS) is 16.1. The summed E-state index contributed by atoms with van der Waals surface area (Å²) >= 11 is 0. The number of carbonyl (C=O) groups is 2. The van der Waals surface area contributed by atoms with E-state index < -0.39 is 0 Å². The number of ether oxygens (including phenoxy) is 2. The zero-order valence-corrected chi connectivity index (χ0v) is 15.3. The second kappa shape index (κ2) is 8.59. The third-order valence-electron chi connectivity index (χ3n) is 4.34. The van der Waals surface area contributed by atoms with Gasteiger partial charge in [-0.05, 0) is 25.1 Å². The van der Waals surface area contributed by atoms with Crippen LogP contribution in [0, 0.1) is 0 Å². The van der Waals surface area contributed by atoms with Gasteiger partial charge in [0, 0.05) is 37.2 Å². The molecular weight excluding hydrogens is 348 g/mol. The van der Waals surface area contributed by atoms with Crippen LogP contribution >= 0.6 is 0 Å². The van der Waals surface area contributed by atoms with Crippen LogP contribution in [0.15, 0.2) is 36.9 Å². The van der Waals surface area contributed by atoms with Crippen molar-refractivity contribution in [2.45, 2.75) is 19.5 Å². The van der Waals surface area contributed by atoms with E-state index in [4.69, 9.17) is 9.47 Å². The molecule has 0 aliphatic carbocycles. The number of amides is 2. The number of nitrogens with one attached hydrogen (secondary N) is 1. The lowest BCUT2D eigenvalue weighted by Gasteiger charge is -2.26. The first-order valence-electron chi connectivity index (χ1n) is 8.69. The van der Waals surface area contributed by atoms with Gasteiger partial charge in [0.1, 0.15) is 18.7 Å². The van der Waals surface area contributed by atoms with Crippen molar-refractivity contribution in [1.29, 1.82) is 0 Å². The van der Waals surface area contributed by atoms with Crippen molar-refractivity contribution in [2.75, 3.05) is 26.9 Å². The van der Waals surface area contributed by atoms with Gasteiger partial charge in [-0.2, -0.15) is 0 Å². The van der Waals surface area contributed by atoms with Crippen LogP contribution < -0.4 is 10.1 Å². The average molecular weight is 370 g/mol. The lowest BCUT2D eigenvalue weighted by molar-refractivity contribution is 0.0644. The highest BCUT2D eigenvalue weighted by Crippen LogP contribution is 2.27. The summed E-state index contributed by atoms with van der Waals surface area (Å²) in [6.45, 7) is 3.50. The van der Waals surface area contributed by atoms with Crippen molar-refractivity contribution in [3.8, 4) is 5.75 Å². The number of carbonyl (C=O) groups excluding carboxylic acids is 2. The Morgan fingerprint density at radius 2 is 2.07 bits per heavy atom. The molecule has 0 saturated heterocycles. The summed E-state index contributed by atoms with van der Waals surface area (Å²) in [4.78, 5) is 34.7. The first-order valence-corrected chi connectivity index (χ1v) is 8.69. The van der Waals surface area contributed by atoms with Crippen molar-refractivity contribution in [2.24, 2.45) is 0 Å². The zero-order valence-electron chi connectivity index (χ0n) is 15.3. The lowest BCUT2D eigenvalue weighted by Crippen LogP contribution is -2.40. The van der Waals surface area contributed by atoms with Gasteiger partial charge in [-0.3, -0.25) is 9.59 Å². The van der Waals surface area contributed by atoms with Gasteiger partial charge in [-0.25, -0.2) is 9.97 Å². The van der Waals surface area contributed by atoms with Crippen LogP contribution in [-0.2, 0) is 11.3 Å². The van der Waals surface area contributed by atoms with E-state index in [1.54, 1.807) is 30.2 Å². The molecule has 0 fully saturated rings. The van der Waals surface area contributed by atoms with Gasteiger partial charge < -0.3 is 19.7 Å². The molecule has 2 aromatic rings. The molecule has 1 N–H and O–H groups in total. The summed E-state index contributed by atoms with van der Waals surface area (Å²) in [5, 5.41) is 2.79. The number of rotatable bonds is 5. The van der Waals surface area contributed by atoms with E-state index in [1.807, 2.05) is 6.92 Å². The Morgan fingerprint density at radius 3 is 2.81 bits per heavy atom. The Morgan fingerprint density at radius 1 is 1.30 bits per heavy atom. The number of nitrogens with zero attached hydrogens (tertiary/aromatic N) is 3. The second-order valence-electron chi connectivity index (χ2n) is 6.29.